The molecule has 1 rings (SSSR count). The zero-order valence-corrected chi connectivity index (χ0v) is 12.0. The molecule has 0 saturated carbocycles. The first kappa shape index (κ1) is 14.8. The molecular weight excluding hydrogens is 232 g/mol. The van der Waals surface area contributed by atoms with Gasteiger partial charge in [0.15, 0.2) is 0 Å². The van der Waals surface area contributed by atoms with Crippen molar-refractivity contribution in [3.8, 4) is 6.07 Å². The van der Waals surface area contributed by atoms with Gasteiger partial charge in [0, 0.05) is 6.04 Å². The summed E-state index contributed by atoms with van der Waals surface area (Å²) in [6, 6.07) is 2.83. The van der Waals surface area contributed by atoms with Crippen molar-refractivity contribution in [2.24, 2.45) is 0 Å². The molecule has 0 aromatic carbocycles. The maximum absolute atomic E-state index is 9.35. The number of nitrogens with one attached hydrogen (secondary N) is 1. The second-order valence-corrected chi connectivity index (χ2v) is 6.39. The van der Waals surface area contributed by atoms with Crippen molar-refractivity contribution in [2.45, 2.75) is 56.9 Å². The molecule has 1 atom stereocenters. The van der Waals surface area contributed by atoms with Gasteiger partial charge in [0.05, 0.1) is 24.5 Å². The average molecular weight is 256 g/mol. The fraction of sp³-hybridized carbons (Fsp3) is 0.923. The largest absolute Gasteiger partial charge is 0.379 e. The summed E-state index contributed by atoms with van der Waals surface area (Å²) in [5, 5.41) is 13.5. The van der Waals surface area contributed by atoms with Gasteiger partial charge in [-0.15, -0.1) is 0 Å². The third kappa shape index (κ3) is 4.87. The van der Waals surface area contributed by atoms with E-state index in [1.54, 1.807) is 0 Å². The van der Waals surface area contributed by atoms with E-state index in [1.165, 1.54) is 0 Å². The molecule has 0 aromatic rings. The molecule has 0 spiro atoms. The quantitative estimate of drug-likeness (QED) is 0.678. The molecule has 1 aliphatic rings. The van der Waals surface area contributed by atoms with E-state index in [2.05, 4.69) is 32.2 Å². The molecule has 17 heavy (non-hydrogen) atoms. The van der Waals surface area contributed by atoms with E-state index in [9.17, 15) is 5.26 Å². The Morgan fingerprint density at radius 1 is 1.53 bits per heavy atom. The van der Waals surface area contributed by atoms with Crippen LogP contribution in [0.2, 0.25) is 0 Å². The topological polar surface area (TPSA) is 45.0 Å². The minimum Gasteiger partial charge on any atom is -0.379 e. The number of hydrogen-bond acceptors (Lipinski definition) is 4. The van der Waals surface area contributed by atoms with E-state index in [1.807, 2.05) is 11.8 Å². The molecule has 4 heteroatoms. The summed E-state index contributed by atoms with van der Waals surface area (Å²) in [7, 11) is 0. The molecule has 0 amide bonds. The molecule has 1 aliphatic heterocycles. The Balaban J connectivity index is 2.25. The molecule has 1 saturated heterocycles. The van der Waals surface area contributed by atoms with Gasteiger partial charge in [0.25, 0.3) is 0 Å². The first-order valence-corrected chi connectivity index (χ1v) is 7.55. The van der Waals surface area contributed by atoms with Crippen LogP contribution >= 0.6 is 11.8 Å². The van der Waals surface area contributed by atoms with E-state index in [0.717, 1.165) is 38.2 Å². The van der Waals surface area contributed by atoms with Gasteiger partial charge in [-0.05, 0) is 38.9 Å². The third-order valence-electron chi connectivity index (χ3n) is 3.09. The molecule has 1 fully saturated rings. The van der Waals surface area contributed by atoms with E-state index >= 15 is 0 Å². The molecule has 3 nitrogen and oxygen atoms in total. The zero-order chi connectivity index (χ0) is 12.7. The molecule has 0 aliphatic carbocycles. The summed E-state index contributed by atoms with van der Waals surface area (Å²) in [4.78, 5) is 0. The van der Waals surface area contributed by atoms with Crippen LogP contribution in [0.3, 0.4) is 0 Å². The molecule has 98 valence electrons. The third-order valence-corrected chi connectivity index (χ3v) is 4.36. The van der Waals surface area contributed by atoms with Gasteiger partial charge in [0.2, 0.25) is 0 Å². The Morgan fingerprint density at radius 3 is 2.65 bits per heavy atom. The molecule has 1 N–H and O–H groups in total. The fourth-order valence-corrected chi connectivity index (χ4v) is 3.03. The van der Waals surface area contributed by atoms with Crippen molar-refractivity contribution < 1.29 is 4.74 Å². The Hall–Kier alpha value is -0.240. The van der Waals surface area contributed by atoms with Crippen LogP contribution in [0, 0.1) is 11.3 Å². The molecule has 0 radical (unpaired) electrons. The second-order valence-electron chi connectivity index (χ2n) is 4.98. The summed E-state index contributed by atoms with van der Waals surface area (Å²) in [6.07, 6.45) is 2.92. The van der Waals surface area contributed by atoms with Crippen molar-refractivity contribution >= 4 is 11.8 Å². The lowest BCUT2D eigenvalue weighted by Crippen LogP contribution is -2.47. The minimum atomic E-state index is -0.329. The summed E-state index contributed by atoms with van der Waals surface area (Å²) < 4.78 is 5.14. The predicted molar refractivity (Wildman–Crippen MR) is 73.2 cm³/mol. The van der Waals surface area contributed by atoms with E-state index in [0.29, 0.717) is 11.3 Å². The Bertz CT molecular complexity index is 261. The van der Waals surface area contributed by atoms with E-state index in [4.69, 9.17) is 4.74 Å². The van der Waals surface area contributed by atoms with Crippen molar-refractivity contribution in [3.05, 3.63) is 0 Å². The Kier molecular flexibility index (Phi) is 6.32. The van der Waals surface area contributed by atoms with Crippen LogP contribution in [0.5, 0.6) is 0 Å². The Labute approximate surface area is 109 Å². The summed E-state index contributed by atoms with van der Waals surface area (Å²) in [5.41, 5.74) is -0.329. The maximum Gasteiger partial charge on any atom is 0.106 e. The van der Waals surface area contributed by atoms with Gasteiger partial charge in [-0.25, -0.2) is 0 Å². The first-order chi connectivity index (χ1) is 8.12. The fourth-order valence-electron chi connectivity index (χ4n) is 2.01. The lowest BCUT2D eigenvalue weighted by molar-refractivity contribution is 0.0455. The van der Waals surface area contributed by atoms with Gasteiger partial charge in [0.1, 0.15) is 5.54 Å². The number of rotatable bonds is 8. The van der Waals surface area contributed by atoms with Crippen LogP contribution in [0.25, 0.3) is 0 Å². The predicted octanol–water partition coefficient (Wildman–Crippen LogP) is 2.57. The van der Waals surface area contributed by atoms with Crippen molar-refractivity contribution in [2.75, 3.05) is 19.0 Å². The smallest absolute Gasteiger partial charge is 0.106 e. The monoisotopic (exact) mass is 256 g/mol. The Morgan fingerprint density at radius 2 is 2.24 bits per heavy atom. The standard InChI is InChI=1S/C13H24N2OS/c1-4-13(10-14,15-11(2)3)6-5-7-17-12-8-16-9-12/h11-12,15H,4-9H2,1-3H3. The van der Waals surface area contributed by atoms with Crippen LogP contribution in [0.1, 0.15) is 40.0 Å². The highest BCUT2D eigenvalue weighted by Gasteiger charge is 2.28. The maximum atomic E-state index is 9.35. The van der Waals surface area contributed by atoms with E-state index < -0.39 is 0 Å². The SMILES string of the molecule is CCC(C#N)(CCCSC1COC1)NC(C)C. The number of hydrogen-bond donors (Lipinski definition) is 1. The lowest BCUT2D eigenvalue weighted by atomic mass is 9.91. The number of thioether (sulfide) groups is 1. The molecule has 0 aromatic heterocycles. The van der Waals surface area contributed by atoms with Crippen LogP contribution in [-0.2, 0) is 4.74 Å². The summed E-state index contributed by atoms with van der Waals surface area (Å²) in [6.45, 7) is 8.11. The highest BCUT2D eigenvalue weighted by molar-refractivity contribution is 8.00. The van der Waals surface area contributed by atoms with Crippen molar-refractivity contribution in [3.63, 3.8) is 0 Å². The van der Waals surface area contributed by atoms with Crippen molar-refractivity contribution in [1.29, 1.82) is 5.26 Å². The molecule has 1 unspecified atom stereocenters. The molecular formula is C13H24N2OS. The van der Waals surface area contributed by atoms with Crippen LogP contribution in [0.4, 0.5) is 0 Å². The van der Waals surface area contributed by atoms with Crippen LogP contribution in [0.15, 0.2) is 0 Å². The van der Waals surface area contributed by atoms with E-state index in [-0.39, 0.29) is 5.54 Å². The van der Waals surface area contributed by atoms with Gasteiger partial charge in [-0.3, -0.25) is 5.32 Å². The minimum absolute atomic E-state index is 0.329. The highest BCUT2D eigenvalue weighted by atomic mass is 32.2. The van der Waals surface area contributed by atoms with Gasteiger partial charge >= 0.3 is 0 Å². The second kappa shape index (κ2) is 7.25. The van der Waals surface area contributed by atoms with Gasteiger partial charge in [-0.2, -0.15) is 17.0 Å². The summed E-state index contributed by atoms with van der Waals surface area (Å²) in [5.74, 6) is 1.14. The molecule has 0 bridgehead atoms. The number of nitriles is 1. The lowest BCUT2D eigenvalue weighted by Gasteiger charge is -2.30. The number of nitrogens with zero attached hydrogens (tertiary/aromatic N) is 1. The highest BCUT2D eigenvalue weighted by Crippen LogP contribution is 2.23. The number of ether oxygens (including phenoxy) is 1. The molecule has 1 heterocycles. The summed E-state index contributed by atoms with van der Waals surface area (Å²) >= 11 is 1.98. The normalized spacial score (nSPS) is 19.7. The van der Waals surface area contributed by atoms with Gasteiger partial charge in [-0.1, -0.05) is 6.92 Å². The van der Waals surface area contributed by atoms with Crippen LogP contribution < -0.4 is 5.32 Å². The van der Waals surface area contributed by atoms with Crippen molar-refractivity contribution in [1.82, 2.24) is 5.32 Å². The zero-order valence-electron chi connectivity index (χ0n) is 11.2. The first-order valence-electron chi connectivity index (χ1n) is 6.50. The van der Waals surface area contributed by atoms with Crippen LogP contribution in [-0.4, -0.2) is 35.8 Å². The average Bonchev–Trinajstić information content (AvgIpc) is 2.24. The van der Waals surface area contributed by atoms with Gasteiger partial charge < -0.3 is 4.74 Å².